The summed E-state index contributed by atoms with van der Waals surface area (Å²) in [5.41, 5.74) is 0. The van der Waals surface area contributed by atoms with Gasteiger partial charge in [0.2, 0.25) is 5.88 Å². The molecule has 0 radical (unpaired) electrons. The molecule has 1 heterocycles. The van der Waals surface area contributed by atoms with Crippen LogP contribution >= 0.6 is 0 Å². The number of rotatable bonds is 6. The van der Waals surface area contributed by atoms with Gasteiger partial charge in [0.25, 0.3) is 0 Å². The lowest BCUT2D eigenvalue weighted by Gasteiger charge is -2.05. The second-order valence-electron chi connectivity index (χ2n) is 2.68. The summed E-state index contributed by atoms with van der Waals surface area (Å²) in [4.78, 5) is 8.02. The number of nitrogens with zero attached hydrogens (tertiary/aromatic N) is 2. The first-order chi connectivity index (χ1) is 6.86. The topological polar surface area (TPSA) is 47.0 Å². The largest absolute Gasteiger partial charge is 0.478 e. The van der Waals surface area contributed by atoms with Gasteiger partial charge < -0.3 is 10.1 Å². The lowest BCUT2D eigenvalue weighted by molar-refractivity contribution is 0.326. The van der Waals surface area contributed by atoms with Crippen LogP contribution in [-0.4, -0.2) is 23.1 Å². The van der Waals surface area contributed by atoms with Gasteiger partial charge in [0.05, 0.1) is 6.61 Å². The van der Waals surface area contributed by atoms with Crippen molar-refractivity contribution < 1.29 is 4.74 Å². The highest BCUT2D eigenvalue weighted by molar-refractivity contribution is 5.36. The van der Waals surface area contributed by atoms with Crippen molar-refractivity contribution >= 4 is 5.82 Å². The Bertz CT molecular complexity index is 288. The molecule has 0 aromatic carbocycles. The van der Waals surface area contributed by atoms with E-state index in [9.17, 15) is 0 Å². The van der Waals surface area contributed by atoms with Gasteiger partial charge >= 0.3 is 0 Å². The van der Waals surface area contributed by atoms with Crippen molar-refractivity contribution in [2.75, 3.05) is 18.5 Å². The molecule has 0 aliphatic carbocycles. The maximum atomic E-state index is 5.24. The zero-order valence-corrected chi connectivity index (χ0v) is 8.36. The van der Waals surface area contributed by atoms with Crippen molar-refractivity contribution in [2.24, 2.45) is 0 Å². The molecule has 4 nitrogen and oxygen atoms in total. The summed E-state index contributed by atoms with van der Waals surface area (Å²) < 4.78 is 5.24. The molecule has 0 unspecified atom stereocenters. The number of hydrogen-bond acceptors (Lipinski definition) is 4. The fourth-order valence-electron chi connectivity index (χ4n) is 0.965. The highest BCUT2D eigenvalue weighted by Gasteiger charge is 1.97. The number of aromatic nitrogens is 2. The molecule has 0 spiro atoms. The van der Waals surface area contributed by atoms with Crippen LogP contribution in [0.15, 0.2) is 25.0 Å². The number of nitrogens with one attached hydrogen (secondary N) is 1. The fraction of sp³-hybridized carbons (Fsp3) is 0.400. The molecule has 1 aromatic rings. The minimum absolute atomic E-state index is 0.601. The quantitative estimate of drug-likeness (QED) is 0.553. The van der Waals surface area contributed by atoms with Gasteiger partial charge in [-0.05, 0) is 13.3 Å². The summed E-state index contributed by atoms with van der Waals surface area (Å²) >= 11 is 0. The van der Waals surface area contributed by atoms with Crippen molar-refractivity contribution in [2.45, 2.75) is 13.3 Å². The maximum absolute atomic E-state index is 5.24. The van der Waals surface area contributed by atoms with Gasteiger partial charge in [0.1, 0.15) is 12.1 Å². The van der Waals surface area contributed by atoms with E-state index in [4.69, 9.17) is 4.74 Å². The summed E-state index contributed by atoms with van der Waals surface area (Å²) in [7, 11) is 0. The van der Waals surface area contributed by atoms with E-state index >= 15 is 0 Å². The van der Waals surface area contributed by atoms with Crippen LogP contribution in [0.2, 0.25) is 0 Å². The molecule has 4 heteroatoms. The molecule has 76 valence electrons. The Morgan fingerprint density at radius 2 is 2.43 bits per heavy atom. The van der Waals surface area contributed by atoms with E-state index < -0.39 is 0 Å². The third-order valence-electron chi connectivity index (χ3n) is 1.59. The molecule has 14 heavy (non-hydrogen) atoms. The Kier molecular flexibility index (Phi) is 4.47. The molecule has 1 aromatic heterocycles. The van der Waals surface area contributed by atoms with Crippen molar-refractivity contribution in [3.05, 3.63) is 25.0 Å². The summed E-state index contributed by atoms with van der Waals surface area (Å²) in [6.07, 6.45) is 4.26. The van der Waals surface area contributed by atoms with Gasteiger partial charge in [0.15, 0.2) is 0 Å². The van der Waals surface area contributed by atoms with Crippen molar-refractivity contribution in [1.29, 1.82) is 0 Å². The lowest BCUT2D eigenvalue weighted by Crippen LogP contribution is -2.03. The van der Waals surface area contributed by atoms with E-state index in [0.717, 1.165) is 18.8 Å². The number of ether oxygens (including phenoxy) is 1. The SMILES string of the molecule is C=CCCNc1cc(OCC)ncn1. The van der Waals surface area contributed by atoms with Crippen LogP contribution in [0.4, 0.5) is 5.82 Å². The Labute approximate surface area is 84.0 Å². The molecule has 0 bridgehead atoms. The Morgan fingerprint density at radius 3 is 3.14 bits per heavy atom. The normalized spacial score (nSPS) is 9.50. The van der Waals surface area contributed by atoms with E-state index in [1.54, 1.807) is 6.07 Å². The molecule has 0 aliphatic rings. The summed E-state index contributed by atoms with van der Waals surface area (Å²) in [6.45, 7) is 7.00. The van der Waals surface area contributed by atoms with Crippen LogP contribution < -0.4 is 10.1 Å². The first-order valence-corrected chi connectivity index (χ1v) is 4.66. The molecule has 1 rings (SSSR count). The van der Waals surface area contributed by atoms with Gasteiger partial charge in [0, 0.05) is 12.6 Å². The molecule has 0 aliphatic heterocycles. The first-order valence-electron chi connectivity index (χ1n) is 4.66. The van der Waals surface area contributed by atoms with Crippen molar-refractivity contribution in [1.82, 2.24) is 9.97 Å². The van der Waals surface area contributed by atoms with Crippen LogP contribution in [0.5, 0.6) is 5.88 Å². The van der Waals surface area contributed by atoms with Crippen LogP contribution in [-0.2, 0) is 0 Å². The smallest absolute Gasteiger partial charge is 0.218 e. The maximum Gasteiger partial charge on any atom is 0.218 e. The predicted octanol–water partition coefficient (Wildman–Crippen LogP) is 1.86. The summed E-state index contributed by atoms with van der Waals surface area (Å²) in [6, 6.07) is 1.78. The molecule has 0 saturated heterocycles. The van der Waals surface area contributed by atoms with Crippen LogP contribution in [0.25, 0.3) is 0 Å². The third-order valence-corrected chi connectivity index (χ3v) is 1.59. The van der Waals surface area contributed by atoms with Gasteiger partial charge in [-0.15, -0.1) is 6.58 Å². The minimum atomic E-state index is 0.601. The lowest BCUT2D eigenvalue weighted by atomic mass is 10.4. The summed E-state index contributed by atoms with van der Waals surface area (Å²) in [5, 5.41) is 3.14. The zero-order chi connectivity index (χ0) is 10.2. The van der Waals surface area contributed by atoms with Gasteiger partial charge in [-0.1, -0.05) is 6.08 Å². The average Bonchev–Trinajstić information content (AvgIpc) is 2.19. The minimum Gasteiger partial charge on any atom is -0.478 e. The van der Waals surface area contributed by atoms with Gasteiger partial charge in [-0.25, -0.2) is 9.97 Å². The monoisotopic (exact) mass is 193 g/mol. The molecule has 0 atom stereocenters. The van der Waals surface area contributed by atoms with Gasteiger partial charge in [-0.2, -0.15) is 0 Å². The van der Waals surface area contributed by atoms with Crippen LogP contribution in [0.3, 0.4) is 0 Å². The van der Waals surface area contributed by atoms with Crippen molar-refractivity contribution in [3.63, 3.8) is 0 Å². The second-order valence-corrected chi connectivity index (χ2v) is 2.68. The van der Waals surface area contributed by atoms with E-state index in [2.05, 4.69) is 21.9 Å². The highest BCUT2D eigenvalue weighted by Crippen LogP contribution is 2.10. The number of anilines is 1. The third kappa shape index (κ3) is 3.43. The zero-order valence-electron chi connectivity index (χ0n) is 8.36. The second kappa shape index (κ2) is 5.96. The average molecular weight is 193 g/mol. The Morgan fingerprint density at radius 1 is 1.57 bits per heavy atom. The molecular formula is C10H15N3O. The van der Waals surface area contributed by atoms with E-state index in [-0.39, 0.29) is 0 Å². The standard InChI is InChI=1S/C10H15N3O/c1-3-5-6-11-9-7-10(14-4-2)13-8-12-9/h3,7-8H,1,4-6H2,2H3,(H,11,12,13). The fourth-order valence-corrected chi connectivity index (χ4v) is 0.965. The number of hydrogen-bond donors (Lipinski definition) is 1. The van der Waals surface area contributed by atoms with Gasteiger partial charge in [-0.3, -0.25) is 0 Å². The predicted molar refractivity (Wildman–Crippen MR) is 56.5 cm³/mol. The van der Waals surface area contributed by atoms with Crippen LogP contribution in [0, 0.1) is 0 Å². The molecule has 0 amide bonds. The molecular weight excluding hydrogens is 178 g/mol. The van der Waals surface area contributed by atoms with Crippen molar-refractivity contribution in [3.8, 4) is 5.88 Å². The Balaban J connectivity index is 2.50. The molecule has 1 N–H and O–H groups in total. The first kappa shape index (κ1) is 10.5. The molecule has 0 saturated carbocycles. The van der Waals surface area contributed by atoms with E-state index in [1.165, 1.54) is 6.33 Å². The molecule has 0 fully saturated rings. The van der Waals surface area contributed by atoms with E-state index in [0.29, 0.717) is 12.5 Å². The summed E-state index contributed by atoms with van der Waals surface area (Å²) in [5.74, 6) is 1.38. The highest BCUT2D eigenvalue weighted by atomic mass is 16.5. The van der Waals surface area contributed by atoms with Crippen LogP contribution in [0.1, 0.15) is 13.3 Å². The Hall–Kier alpha value is -1.58. The van der Waals surface area contributed by atoms with E-state index in [1.807, 2.05) is 13.0 Å².